The molecule has 104 valence electrons. The first-order valence-electron chi connectivity index (χ1n) is 6.17. The van der Waals surface area contributed by atoms with Gasteiger partial charge in [-0.1, -0.05) is 17.7 Å². The molecule has 5 heteroatoms. The Bertz CT molecular complexity index is 588. The van der Waals surface area contributed by atoms with Crippen LogP contribution in [0.15, 0.2) is 42.7 Å². The molecular formula is C15H15ClN2O2. The highest BCUT2D eigenvalue weighted by molar-refractivity contribution is 6.31. The number of benzene rings is 1. The Hall–Kier alpha value is -2.07. The van der Waals surface area contributed by atoms with Crippen molar-refractivity contribution in [3.05, 3.63) is 58.9 Å². The Labute approximate surface area is 122 Å². The maximum absolute atomic E-state index is 11.9. The van der Waals surface area contributed by atoms with Gasteiger partial charge in [0.15, 0.2) is 0 Å². The molecule has 1 amide bonds. The molecule has 1 heterocycles. The minimum atomic E-state index is -0.0751. The van der Waals surface area contributed by atoms with Gasteiger partial charge in [0.1, 0.15) is 5.75 Å². The van der Waals surface area contributed by atoms with Gasteiger partial charge in [-0.15, -0.1) is 0 Å². The van der Waals surface area contributed by atoms with E-state index in [9.17, 15) is 4.79 Å². The summed E-state index contributed by atoms with van der Waals surface area (Å²) in [6.07, 6.45) is 3.64. The minimum absolute atomic E-state index is 0.0751. The molecule has 20 heavy (non-hydrogen) atoms. The number of hydrogen-bond donors (Lipinski definition) is 1. The zero-order chi connectivity index (χ0) is 14.4. The van der Waals surface area contributed by atoms with Crippen LogP contribution in [-0.4, -0.2) is 18.0 Å². The van der Waals surface area contributed by atoms with E-state index in [0.717, 1.165) is 11.1 Å². The van der Waals surface area contributed by atoms with Gasteiger partial charge in [-0.05, 0) is 35.4 Å². The van der Waals surface area contributed by atoms with Crippen molar-refractivity contribution in [2.45, 2.75) is 13.0 Å². The number of carbonyl (C=O) groups is 1. The molecule has 0 atom stereocenters. The highest BCUT2D eigenvalue weighted by Crippen LogP contribution is 2.22. The maximum atomic E-state index is 11.9. The number of pyridine rings is 1. The fraction of sp³-hybridized carbons (Fsp3) is 0.200. The standard InChI is InChI=1S/C15H15ClN2O2/c1-20-13-3-2-12(14(16)9-13)8-15(19)18-10-11-4-6-17-7-5-11/h2-7,9H,8,10H2,1H3,(H,18,19). The van der Waals surface area contributed by atoms with Gasteiger partial charge in [-0.25, -0.2) is 0 Å². The quantitative estimate of drug-likeness (QED) is 0.921. The predicted molar refractivity (Wildman–Crippen MR) is 77.8 cm³/mol. The molecule has 0 radical (unpaired) electrons. The van der Waals surface area contributed by atoms with E-state index in [1.54, 1.807) is 37.7 Å². The number of carbonyl (C=O) groups excluding carboxylic acids is 1. The molecular weight excluding hydrogens is 276 g/mol. The molecule has 4 nitrogen and oxygen atoms in total. The molecule has 1 aromatic heterocycles. The van der Waals surface area contributed by atoms with E-state index in [-0.39, 0.29) is 12.3 Å². The normalized spacial score (nSPS) is 10.1. The van der Waals surface area contributed by atoms with E-state index in [1.165, 1.54) is 0 Å². The summed E-state index contributed by atoms with van der Waals surface area (Å²) in [4.78, 5) is 15.8. The molecule has 1 N–H and O–H groups in total. The SMILES string of the molecule is COc1ccc(CC(=O)NCc2ccncc2)c(Cl)c1. The Morgan fingerprint density at radius 3 is 2.70 bits per heavy atom. The number of halogens is 1. The summed E-state index contributed by atoms with van der Waals surface area (Å²) in [6, 6.07) is 9.01. The van der Waals surface area contributed by atoms with Crippen molar-refractivity contribution in [1.29, 1.82) is 0 Å². The molecule has 0 aliphatic carbocycles. The van der Waals surface area contributed by atoms with Crippen LogP contribution in [0.1, 0.15) is 11.1 Å². The Morgan fingerprint density at radius 2 is 2.05 bits per heavy atom. The lowest BCUT2D eigenvalue weighted by atomic mass is 10.1. The van der Waals surface area contributed by atoms with Crippen molar-refractivity contribution >= 4 is 17.5 Å². The van der Waals surface area contributed by atoms with Crippen molar-refractivity contribution in [3.8, 4) is 5.75 Å². The summed E-state index contributed by atoms with van der Waals surface area (Å²) in [7, 11) is 1.58. The van der Waals surface area contributed by atoms with Crippen molar-refractivity contribution in [3.63, 3.8) is 0 Å². The van der Waals surface area contributed by atoms with Gasteiger partial charge in [-0.2, -0.15) is 0 Å². The Balaban J connectivity index is 1.91. The number of rotatable bonds is 5. The molecule has 0 saturated carbocycles. The molecule has 0 aliphatic rings. The molecule has 0 unspecified atom stereocenters. The monoisotopic (exact) mass is 290 g/mol. The second-order valence-corrected chi connectivity index (χ2v) is 4.67. The van der Waals surface area contributed by atoms with E-state index in [4.69, 9.17) is 16.3 Å². The number of amides is 1. The van der Waals surface area contributed by atoms with Crippen LogP contribution >= 0.6 is 11.6 Å². The fourth-order valence-electron chi connectivity index (χ4n) is 1.74. The third-order valence-electron chi connectivity index (χ3n) is 2.85. The van der Waals surface area contributed by atoms with Crippen LogP contribution < -0.4 is 10.1 Å². The topological polar surface area (TPSA) is 51.2 Å². The highest BCUT2D eigenvalue weighted by atomic mass is 35.5. The molecule has 0 saturated heterocycles. The largest absolute Gasteiger partial charge is 0.497 e. The van der Waals surface area contributed by atoms with E-state index in [1.807, 2.05) is 12.1 Å². The lowest BCUT2D eigenvalue weighted by molar-refractivity contribution is -0.120. The van der Waals surface area contributed by atoms with Crippen LogP contribution in [0.5, 0.6) is 5.75 Å². The number of ether oxygens (including phenoxy) is 1. The molecule has 0 aliphatic heterocycles. The number of nitrogens with one attached hydrogen (secondary N) is 1. The van der Waals surface area contributed by atoms with Gasteiger partial charge in [0.2, 0.25) is 5.91 Å². The zero-order valence-electron chi connectivity index (χ0n) is 11.1. The molecule has 0 spiro atoms. The first-order valence-corrected chi connectivity index (χ1v) is 6.55. The van der Waals surface area contributed by atoms with Gasteiger partial charge in [0.05, 0.1) is 13.5 Å². The summed E-state index contributed by atoms with van der Waals surface area (Å²) < 4.78 is 5.07. The van der Waals surface area contributed by atoms with Gasteiger partial charge < -0.3 is 10.1 Å². The summed E-state index contributed by atoms with van der Waals surface area (Å²) in [6.45, 7) is 0.481. The van der Waals surface area contributed by atoms with Crippen LogP contribution in [0.3, 0.4) is 0 Å². The van der Waals surface area contributed by atoms with E-state index in [2.05, 4.69) is 10.3 Å². The average Bonchev–Trinajstić information content (AvgIpc) is 2.48. The third-order valence-corrected chi connectivity index (χ3v) is 3.20. The van der Waals surface area contributed by atoms with Crippen LogP contribution in [0.4, 0.5) is 0 Å². The van der Waals surface area contributed by atoms with E-state index in [0.29, 0.717) is 17.3 Å². The summed E-state index contributed by atoms with van der Waals surface area (Å²) in [5.74, 6) is 0.602. The molecule has 2 aromatic rings. The van der Waals surface area contributed by atoms with Crippen LogP contribution in [-0.2, 0) is 17.8 Å². The minimum Gasteiger partial charge on any atom is -0.497 e. The van der Waals surface area contributed by atoms with Crippen molar-refractivity contribution < 1.29 is 9.53 Å². The van der Waals surface area contributed by atoms with E-state index < -0.39 is 0 Å². The average molecular weight is 291 g/mol. The maximum Gasteiger partial charge on any atom is 0.224 e. The Morgan fingerprint density at radius 1 is 1.30 bits per heavy atom. The summed E-state index contributed by atoms with van der Waals surface area (Å²) >= 11 is 6.10. The first-order chi connectivity index (χ1) is 9.69. The number of aromatic nitrogens is 1. The van der Waals surface area contributed by atoms with Gasteiger partial charge in [-0.3, -0.25) is 9.78 Å². The summed E-state index contributed by atoms with van der Waals surface area (Å²) in [5, 5.41) is 3.38. The third kappa shape index (κ3) is 3.96. The van der Waals surface area contributed by atoms with Crippen LogP contribution in [0, 0.1) is 0 Å². The highest BCUT2D eigenvalue weighted by Gasteiger charge is 2.08. The summed E-state index contributed by atoms with van der Waals surface area (Å²) in [5.41, 5.74) is 1.79. The smallest absolute Gasteiger partial charge is 0.224 e. The van der Waals surface area contributed by atoms with Crippen LogP contribution in [0.2, 0.25) is 5.02 Å². The van der Waals surface area contributed by atoms with Gasteiger partial charge in [0, 0.05) is 24.0 Å². The van der Waals surface area contributed by atoms with E-state index >= 15 is 0 Å². The lowest BCUT2D eigenvalue weighted by Crippen LogP contribution is -2.24. The molecule has 0 fully saturated rings. The van der Waals surface area contributed by atoms with Crippen molar-refractivity contribution in [2.75, 3.05) is 7.11 Å². The fourth-order valence-corrected chi connectivity index (χ4v) is 1.97. The number of methoxy groups -OCH3 is 1. The molecule has 2 rings (SSSR count). The number of nitrogens with zero attached hydrogens (tertiary/aromatic N) is 1. The number of hydrogen-bond acceptors (Lipinski definition) is 3. The van der Waals surface area contributed by atoms with Gasteiger partial charge in [0.25, 0.3) is 0 Å². The van der Waals surface area contributed by atoms with Crippen LogP contribution in [0.25, 0.3) is 0 Å². The van der Waals surface area contributed by atoms with Crippen molar-refractivity contribution in [2.24, 2.45) is 0 Å². The first kappa shape index (κ1) is 14.3. The predicted octanol–water partition coefficient (Wildman–Crippen LogP) is 2.60. The molecule has 1 aromatic carbocycles. The lowest BCUT2D eigenvalue weighted by Gasteiger charge is -2.08. The van der Waals surface area contributed by atoms with Crippen molar-refractivity contribution in [1.82, 2.24) is 10.3 Å². The zero-order valence-corrected chi connectivity index (χ0v) is 11.9. The second-order valence-electron chi connectivity index (χ2n) is 4.27. The molecule has 0 bridgehead atoms. The Kier molecular flexibility index (Phi) is 4.96. The second kappa shape index (κ2) is 6.91. The van der Waals surface area contributed by atoms with Gasteiger partial charge >= 0.3 is 0 Å².